The van der Waals surface area contributed by atoms with Gasteiger partial charge in [-0.1, -0.05) is 44.2 Å². The van der Waals surface area contributed by atoms with Crippen LogP contribution in [0.4, 0.5) is 0 Å². The Hall–Kier alpha value is -1.08. The Morgan fingerprint density at radius 3 is 2.50 bits per heavy atom. The fourth-order valence-corrected chi connectivity index (χ4v) is 1.49. The molecule has 1 unspecified atom stereocenters. The quantitative estimate of drug-likeness (QED) is 0.558. The van der Waals surface area contributed by atoms with Crippen LogP contribution in [0, 0.1) is 0 Å². The maximum atomic E-state index is 11.0. The lowest BCUT2D eigenvalue weighted by Crippen LogP contribution is -1.92. The molecule has 2 heteroatoms. The minimum atomic E-state index is -0.0623. The Morgan fingerprint density at radius 2 is 2.00 bits per heavy atom. The van der Waals surface area contributed by atoms with E-state index < -0.39 is 0 Å². The molecule has 16 heavy (non-hydrogen) atoms. The summed E-state index contributed by atoms with van der Waals surface area (Å²) in [5.41, 5.74) is 2.37. The van der Waals surface area contributed by atoms with E-state index in [9.17, 15) is 4.79 Å². The summed E-state index contributed by atoms with van der Waals surface area (Å²) >= 11 is 5.40. The van der Waals surface area contributed by atoms with Crippen LogP contribution in [-0.2, 0) is 4.79 Å². The van der Waals surface area contributed by atoms with Gasteiger partial charge in [0.2, 0.25) is 0 Å². The van der Waals surface area contributed by atoms with E-state index in [0.29, 0.717) is 5.92 Å². The molecule has 1 aromatic rings. The van der Waals surface area contributed by atoms with Crippen LogP contribution in [0.1, 0.15) is 37.3 Å². The third-order valence-corrected chi connectivity index (χ3v) is 2.97. The van der Waals surface area contributed by atoms with Crippen molar-refractivity contribution >= 4 is 23.5 Å². The highest BCUT2D eigenvalue weighted by Gasteiger charge is 2.01. The highest BCUT2D eigenvalue weighted by atomic mass is 35.5. The van der Waals surface area contributed by atoms with Crippen LogP contribution < -0.4 is 0 Å². The van der Waals surface area contributed by atoms with Crippen molar-refractivity contribution in [2.45, 2.75) is 26.2 Å². The van der Waals surface area contributed by atoms with Crippen molar-refractivity contribution in [3.05, 3.63) is 41.5 Å². The lowest BCUT2D eigenvalue weighted by atomic mass is 9.97. The van der Waals surface area contributed by atoms with Crippen molar-refractivity contribution in [1.29, 1.82) is 0 Å². The van der Waals surface area contributed by atoms with Crippen LogP contribution in [0.5, 0.6) is 0 Å². The van der Waals surface area contributed by atoms with Crippen molar-refractivity contribution in [1.82, 2.24) is 0 Å². The SMILES string of the molecule is CCC(C)c1ccc(C=CC(=O)CCl)cc1. The molecule has 0 spiro atoms. The molecule has 1 atom stereocenters. The average molecular weight is 237 g/mol. The van der Waals surface area contributed by atoms with E-state index in [-0.39, 0.29) is 11.7 Å². The second-order valence-electron chi connectivity index (χ2n) is 3.91. The largest absolute Gasteiger partial charge is 0.294 e. The summed E-state index contributed by atoms with van der Waals surface area (Å²) in [4.78, 5) is 11.0. The molecule has 0 N–H and O–H groups in total. The Labute approximate surface area is 102 Å². The summed E-state index contributed by atoms with van der Waals surface area (Å²) in [6.45, 7) is 4.39. The van der Waals surface area contributed by atoms with Crippen molar-refractivity contribution < 1.29 is 4.79 Å². The van der Waals surface area contributed by atoms with Gasteiger partial charge in [0.05, 0.1) is 5.88 Å². The molecule has 0 aliphatic heterocycles. The molecule has 0 amide bonds. The first-order valence-electron chi connectivity index (χ1n) is 5.54. The van der Waals surface area contributed by atoms with Gasteiger partial charge in [-0.15, -0.1) is 11.6 Å². The molecule has 0 saturated carbocycles. The Morgan fingerprint density at radius 1 is 1.38 bits per heavy atom. The van der Waals surface area contributed by atoms with Gasteiger partial charge in [0.1, 0.15) is 0 Å². The fourth-order valence-electron chi connectivity index (χ4n) is 1.41. The third kappa shape index (κ3) is 3.82. The topological polar surface area (TPSA) is 17.1 Å². The van der Waals surface area contributed by atoms with E-state index in [0.717, 1.165) is 12.0 Å². The summed E-state index contributed by atoms with van der Waals surface area (Å²) in [6, 6.07) is 8.27. The maximum absolute atomic E-state index is 11.0. The first kappa shape index (κ1) is 13.0. The van der Waals surface area contributed by atoms with Crippen LogP contribution in [0.2, 0.25) is 0 Å². The molecule has 1 nitrogen and oxygen atoms in total. The number of rotatable bonds is 5. The molecule has 0 aliphatic rings. The molecule has 0 bridgehead atoms. The number of halogens is 1. The molecular formula is C14H17ClO. The molecule has 1 aromatic carbocycles. The highest BCUT2D eigenvalue weighted by molar-refractivity contribution is 6.29. The smallest absolute Gasteiger partial charge is 0.170 e. The molecule has 1 rings (SSSR count). The van der Waals surface area contributed by atoms with Gasteiger partial charge in [-0.3, -0.25) is 4.79 Å². The minimum absolute atomic E-state index is 0.0431. The second kappa shape index (κ2) is 6.49. The highest BCUT2D eigenvalue weighted by Crippen LogP contribution is 2.19. The fraction of sp³-hybridized carbons (Fsp3) is 0.357. The Kier molecular flexibility index (Phi) is 5.27. The van der Waals surface area contributed by atoms with E-state index >= 15 is 0 Å². The summed E-state index contributed by atoms with van der Waals surface area (Å²) in [7, 11) is 0. The maximum Gasteiger partial charge on any atom is 0.170 e. The van der Waals surface area contributed by atoms with Crippen molar-refractivity contribution in [2.75, 3.05) is 5.88 Å². The molecular weight excluding hydrogens is 220 g/mol. The van der Waals surface area contributed by atoms with Gasteiger partial charge in [0.25, 0.3) is 0 Å². The number of ketones is 1. The number of benzene rings is 1. The molecule has 0 aliphatic carbocycles. The van der Waals surface area contributed by atoms with E-state index in [2.05, 4.69) is 26.0 Å². The number of carbonyl (C=O) groups is 1. The van der Waals surface area contributed by atoms with Gasteiger partial charge in [-0.25, -0.2) is 0 Å². The number of alkyl halides is 1. The van der Waals surface area contributed by atoms with Crippen LogP contribution in [-0.4, -0.2) is 11.7 Å². The van der Waals surface area contributed by atoms with Crippen LogP contribution >= 0.6 is 11.6 Å². The molecule has 0 radical (unpaired) electrons. The van der Waals surface area contributed by atoms with Crippen molar-refractivity contribution in [3.8, 4) is 0 Å². The van der Waals surface area contributed by atoms with E-state index in [1.54, 1.807) is 6.08 Å². The monoisotopic (exact) mass is 236 g/mol. The van der Waals surface area contributed by atoms with E-state index in [1.807, 2.05) is 12.1 Å². The molecule has 86 valence electrons. The van der Waals surface area contributed by atoms with Crippen LogP contribution in [0.15, 0.2) is 30.3 Å². The number of carbonyl (C=O) groups excluding carboxylic acids is 1. The molecule has 0 heterocycles. The summed E-state index contributed by atoms with van der Waals surface area (Å²) in [5.74, 6) is 0.566. The number of hydrogen-bond acceptors (Lipinski definition) is 1. The van der Waals surface area contributed by atoms with Gasteiger partial charge in [-0.05, 0) is 29.5 Å². The minimum Gasteiger partial charge on any atom is -0.294 e. The van der Waals surface area contributed by atoms with Gasteiger partial charge in [0, 0.05) is 0 Å². The van der Waals surface area contributed by atoms with E-state index in [1.165, 1.54) is 11.6 Å². The molecule has 0 aromatic heterocycles. The number of allylic oxidation sites excluding steroid dienone is 1. The Bertz CT molecular complexity index is 365. The van der Waals surface area contributed by atoms with Crippen molar-refractivity contribution in [3.63, 3.8) is 0 Å². The lowest BCUT2D eigenvalue weighted by Gasteiger charge is -2.08. The normalized spacial score (nSPS) is 12.9. The lowest BCUT2D eigenvalue weighted by molar-refractivity contribution is -0.112. The predicted octanol–water partition coefficient (Wildman–Crippen LogP) is 4.02. The van der Waals surface area contributed by atoms with Gasteiger partial charge >= 0.3 is 0 Å². The molecule has 0 saturated heterocycles. The zero-order chi connectivity index (χ0) is 12.0. The van der Waals surface area contributed by atoms with E-state index in [4.69, 9.17) is 11.6 Å². The molecule has 0 fully saturated rings. The standard InChI is InChI=1S/C14H17ClO/c1-3-11(2)13-7-4-12(5-8-13)6-9-14(16)10-15/h4-9,11H,3,10H2,1-2H3. The first-order valence-corrected chi connectivity index (χ1v) is 6.07. The summed E-state index contributed by atoms with van der Waals surface area (Å²) in [6.07, 6.45) is 4.45. The summed E-state index contributed by atoms with van der Waals surface area (Å²) < 4.78 is 0. The Balaban J connectivity index is 2.72. The summed E-state index contributed by atoms with van der Waals surface area (Å²) in [5, 5.41) is 0. The zero-order valence-electron chi connectivity index (χ0n) is 9.74. The number of hydrogen-bond donors (Lipinski definition) is 0. The van der Waals surface area contributed by atoms with Gasteiger partial charge < -0.3 is 0 Å². The van der Waals surface area contributed by atoms with Crippen LogP contribution in [0.3, 0.4) is 0 Å². The third-order valence-electron chi connectivity index (χ3n) is 2.71. The second-order valence-corrected chi connectivity index (χ2v) is 4.18. The first-order chi connectivity index (χ1) is 7.67. The zero-order valence-corrected chi connectivity index (χ0v) is 10.5. The van der Waals surface area contributed by atoms with Crippen LogP contribution in [0.25, 0.3) is 6.08 Å². The van der Waals surface area contributed by atoms with Crippen molar-refractivity contribution in [2.24, 2.45) is 0 Å². The average Bonchev–Trinajstić information content (AvgIpc) is 2.35. The predicted molar refractivity (Wildman–Crippen MR) is 69.9 cm³/mol. The van der Waals surface area contributed by atoms with Gasteiger partial charge in [-0.2, -0.15) is 0 Å². The van der Waals surface area contributed by atoms with Gasteiger partial charge in [0.15, 0.2) is 5.78 Å².